The fourth-order valence-corrected chi connectivity index (χ4v) is 1.84. The summed E-state index contributed by atoms with van der Waals surface area (Å²) in [6, 6.07) is 10.7. The number of benzene rings is 1. The number of hydrogen-bond donors (Lipinski definition) is 2. The molecule has 2 rings (SSSR count). The van der Waals surface area contributed by atoms with Crippen molar-refractivity contribution in [3.63, 3.8) is 0 Å². The summed E-state index contributed by atoms with van der Waals surface area (Å²) in [5.41, 5.74) is 3.28. The van der Waals surface area contributed by atoms with E-state index in [-0.39, 0.29) is 17.4 Å². The number of halogens is 1. The van der Waals surface area contributed by atoms with Gasteiger partial charge in [-0.15, -0.1) is 0 Å². The number of carbonyl (C=O) groups is 1. The maximum atomic E-state index is 12.9. The molecular formula is C14H15FN4O. The number of nitrogens with one attached hydrogen (secondary N) is 1. The molecule has 3 N–H and O–H groups in total. The molecule has 1 aromatic carbocycles. The molecule has 0 aliphatic carbocycles. The van der Waals surface area contributed by atoms with Crippen LogP contribution in [0.4, 0.5) is 15.9 Å². The summed E-state index contributed by atoms with van der Waals surface area (Å²) >= 11 is 0. The fourth-order valence-electron chi connectivity index (χ4n) is 1.84. The predicted octanol–water partition coefficient (Wildman–Crippen LogP) is 2.17. The average Bonchev–Trinajstić information content (AvgIpc) is 2.50. The zero-order valence-electron chi connectivity index (χ0n) is 11.0. The van der Waals surface area contributed by atoms with Crippen molar-refractivity contribution in [2.45, 2.75) is 6.92 Å². The second kappa shape index (κ2) is 6.12. The second-order valence-corrected chi connectivity index (χ2v) is 4.08. The SMILES string of the molecule is CCN(C(=O)c1cccc(NN)n1)c1ccc(F)cc1. The molecule has 1 heterocycles. The highest BCUT2D eigenvalue weighted by Gasteiger charge is 2.17. The zero-order valence-corrected chi connectivity index (χ0v) is 11.0. The van der Waals surface area contributed by atoms with Gasteiger partial charge in [0.2, 0.25) is 0 Å². The number of nitrogens with two attached hydrogens (primary N) is 1. The number of carbonyl (C=O) groups excluding carboxylic acids is 1. The Morgan fingerprint density at radius 2 is 2.00 bits per heavy atom. The molecule has 0 fully saturated rings. The van der Waals surface area contributed by atoms with Crippen molar-refractivity contribution >= 4 is 17.4 Å². The van der Waals surface area contributed by atoms with Crippen molar-refractivity contribution in [1.29, 1.82) is 0 Å². The molecule has 2 aromatic rings. The van der Waals surface area contributed by atoms with Gasteiger partial charge in [-0.2, -0.15) is 0 Å². The summed E-state index contributed by atoms with van der Waals surface area (Å²) in [6.45, 7) is 2.29. The van der Waals surface area contributed by atoms with Crippen LogP contribution in [-0.2, 0) is 0 Å². The van der Waals surface area contributed by atoms with Crippen LogP contribution in [0.5, 0.6) is 0 Å². The molecule has 0 spiro atoms. The molecule has 20 heavy (non-hydrogen) atoms. The smallest absolute Gasteiger partial charge is 0.276 e. The van der Waals surface area contributed by atoms with E-state index in [9.17, 15) is 9.18 Å². The highest BCUT2D eigenvalue weighted by Crippen LogP contribution is 2.17. The quantitative estimate of drug-likeness (QED) is 0.662. The van der Waals surface area contributed by atoms with Crippen molar-refractivity contribution in [1.82, 2.24) is 4.98 Å². The van der Waals surface area contributed by atoms with Crippen LogP contribution in [0.15, 0.2) is 42.5 Å². The second-order valence-electron chi connectivity index (χ2n) is 4.08. The van der Waals surface area contributed by atoms with Gasteiger partial charge in [0.05, 0.1) is 0 Å². The molecule has 104 valence electrons. The largest absolute Gasteiger partial charge is 0.308 e. The Morgan fingerprint density at radius 1 is 1.30 bits per heavy atom. The number of amides is 1. The number of hydrazine groups is 1. The Morgan fingerprint density at radius 3 is 2.60 bits per heavy atom. The number of anilines is 2. The predicted molar refractivity (Wildman–Crippen MR) is 75.8 cm³/mol. The van der Waals surface area contributed by atoms with E-state index < -0.39 is 0 Å². The molecule has 1 aromatic heterocycles. The average molecular weight is 274 g/mol. The van der Waals surface area contributed by atoms with E-state index in [4.69, 9.17) is 5.84 Å². The van der Waals surface area contributed by atoms with Gasteiger partial charge in [-0.05, 0) is 43.3 Å². The Labute approximate surface area is 116 Å². The first-order chi connectivity index (χ1) is 9.65. The van der Waals surface area contributed by atoms with E-state index in [1.807, 2.05) is 6.92 Å². The molecule has 0 radical (unpaired) electrons. The van der Waals surface area contributed by atoms with Gasteiger partial charge in [0.25, 0.3) is 5.91 Å². The maximum Gasteiger partial charge on any atom is 0.276 e. The minimum atomic E-state index is -0.343. The monoisotopic (exact) mass is 274 g/mol. The topological polar surface area (TPSA) is 71.2 Å². The number of nitrogens with zero attached hydrogens (tertiary/aromatic N) is 2. The highest BCUT2D eigenvalue weighted by atomic mass is 19.1. The van der Waals surface area contributed by atoms with E-state index in [0.717, 1.165) is 0 Å². The van der Waals surface area contributed by atoms with Crippen molar-refractivity contribution in [3.05, 3.63) is 54.0 Å². The molecule has 0 unspecified atom stereocenters. The van der Waals surface area contributed by atoms with E-state index in [1.54, 1.807) is 30.3 Å². The van der Waals surface area contributed by atoms with Gasteiger partial charge in [0.15, 0.2) is 0 Å². The van der Waals surface area contributed by atoms with Crippen LogP contribution in [0.2, 0.25) is 0 Å². The van der Waals surface area contributed by atoms with Gasteiger partial charge in [0, 0.05) is 12.2 Å². The van der Waals surface area contributed by atoms with Crippen LogP contribution in [-0.4, -0.2) is 17.4 Å². The summed E-state index contributed by atoms with van der Waals surface area (Å²) < 4.78 is 12.9. The third-order valence-electron chi connectivity index (χ3n) is 2.82. The van der Waals surface area contributed by atoms with Gasteiger partial charge in [-0.25, -0.2) is 15.2 Å². The summed E-state index contributed by atoms with van der Waals surface area (Å²) in [6.07, 6.45) is 0. The molecular weight excluding hydrogens is 259 g/mol. The van der Waals surface area contributed by atoms with Crippen LogP contribution in [0.1, 0.15) is 17.4 Å². The molecule has 0 saturated carbocycles. The van der Waals surface area contributed by atoms with Crippen molar-refractivity contribution < 1.29 is 9.18 Å². The lowest BCUT2D eigenvalue weighted by atomic mass is 10.2. The number of aromatic nitrogens is 1. The minimum absolute atomic E-state index is 0.267. The van der Waals surface area contributed by atoms with Crippen molar-refractivity contribution in [2.24, 2.45) is 5.84 Å². The lowest BCUT2D eigenvalue weighted by Gasteiger charge is -2.20. The van der Waals surface area contributed by atoms with Gasteiger partial charge in [0.1, 0.15) is 17.3 Å². The maximum absolute atomic E-state index is 12.9. The molecule has 0 atom stereocenters. The van der Waals surface area contributed by atoms with E-state index in [2.05, 4.69) is 10.4 Å². The standard InChI is InChI=1S/C14H15FN4O/c1-2-19(11-8-6-10(15)7-9-11)14(20)12-4-3-5-13(17-12)18-16/h3-9H,2,16H2,1H3,(H,17,18). The Bertz CT molecular complexity index is 600. The lowest BCUT2D eigenvalue weighted by molar-refractivity contribution is 0.0983. The van der Waals surface area contributed by atoms with Gasteiger partial charge < -0.3 is 10.3 Å². The Hall–Kier alpha value is -2.47. The first-order valence-corrected chi connectivity index (χ1v) is 6.16. The Kier molecular flexibility index (Phi) is 4.27. The first kappa shape index (κ1) is 14.0. The number of hydrogen-bond acceptors (Lipinski definition) is 4. The third kappa shape index (κ3) is 2.92. The number of rotatable bonds is 4. The number of pyridine rings is 1. The summed E-state index contributed by atoms with van der Waals surface area (Å²) in [4.78, 5) is 18.0. The molecule has 0 saturated heterocycles. The Balaban J connectivity index is 2.31. The lowest BCUT2D eigenvalue weighted by Crippen LogP contribution is -2.31. The van der Waals surface area contributed by atoms with Crippen LogP contribution < -0.4 is 16.2 Å². The molecule has 6 heteroatoms. The summed E-state index contributed by atoms with van der Waals surface area (Å²) in [7, 11) is 0. The molecule has 0 aliphatic heterocycles. The zero-order chi connectivity index (χ0) is 14.5. The molecule has 1 amide bonds. The third-order valence-corrected chi connectivity index (χ3v) is 2.82. The van der Waals surface area contributed by atoms with Crippen molar-refractivity contribution in [2.75, 3.05) is 16.9 Å². The van der Waals surface area contributed by atoms with E-state index in [0.29, 0.717) is 18.1 Å². The van der Waals surface area contributed by atoms with Gasteiger partial charge in [-0.1, -0.05) is 6.07 Å². The molecule has 0 bridgehead atoms. The van der Waals surface area contributed by atoms with Gasteiger partial charge in [-0.3, -0.25) is 4.79 Å². The summed E-state index contributed by atoms with van der Waals surface area (Å²) in [5.74, 6) is 5.07. The molecule has 0 aliphatic rings. The molecule has 5 nitrogen and oxygen atoms in total. The number of nitrogen functional groups attached to an aromatic ring is 1. The highest BCUT2D eigenvalue weighted by molar-refractivity contribution is 6.04. The summed E-state index contributed by atoms with van der Waals surface area (Å²) in [5, 5.41) is 0. The van der Waals surface area contributed by atoms with E-state index in [1.165, 1.54) is 17.0 Å². The fraction of sp³-hybridized carbons (Fsp3) is 0.143. The van der Waals surface area contributed by atoms with Crippen molar-refractivity contribution in [3.8, 4) is 0 Å². The van der Waals surface area contributed by atoms with E-state index >= 15 is 0 Å². The van der Waals surface area contributed by atoms with Crippen LogP contribution in [0.3, 0.4) is 0 Å². The van der Waals surface area contributed by atoms with Crippen LogP contribution in [0, 0.1) is 5.82 Å². The minimum Gasteiger partial charge on any atom is -0.308 e. The van der Waals surface area contributed by atoms with Crippen LogP contribution in [0.25, 0.3) is 0 Å². The van der Waals surface area contributed by atoms with Crippen LogP contribution >= 0.6 is 0 Å². The first-order valence-electron chi connectivity index (χ1n) is 6.16. The normalized spacial score (nSPS) is 10.2. The van der Waals surface area contributed by atoms with Gasteiger partial charge >= 0.3 is 0 Å².